The summed E-state index contributed by atoms with van der Waals surface area (Å²) in [5, 5.41) is 2.83. The minimum absolute atomic E-state index is 0.146. The summed E-state index contributed by atoms with van der Waals surface area (Å²) in [4.78, 5) is 40.7. The molecule has 2 aromatic rings. The van der Waals surface area contributed by atoms with Crippen LogP contribution >= 0.6 is 0 Å². The molecule has 0 aromatic heterocycles. The van der Waals surface area contributed by atoms with E-state index in [1.807, 2.05) is 24.3 Å². The van der Waals surface area contributed by atoms with Crippen molar-refractivity contribution in [2.45, 2.75) is 19.4 Å². The molecule has 7 rings (SSSR count). The maximum atomic E-state index is 13.2. The molecule has 0 unspecified atom stereocenters. The number of hydrogen-bond acceptors (Lipinski definition) is 5. The molecule has 7 atom stereocenters. The predicted octanol–water partition coefficient (Wildman–Crippen LogP) is 3.87. The number of nitrogens with one attached hydrogen (secondary N) is 1. The smallest absolute Gasteiger partial charge is 0.247 e. The predicted molar refractivity (Wildman–Crippen MR) is 124 cm³/mol. The van der Waals surface area contributed by atoms with Gasteiger partial charge in [-0.05, 0) is 73.4 Å². The van der Waals surface area contributed by atoms with Gasteiger partial charge < -0.3 is 14.8 Å². The summed E-state index contributed by atoms with van der Waals surface area (Å²) in [6, 6.07) is 13.4. The van der Waals surface area contributed by atoms with E-state index in [2.05, 4.69) is 17.5 Å². The summed E-state index contributed by atoms with van der Waals surface area (Å²) >= 11 is 0. The molecule has 2 bridgehead atoms. The normalized spacial score (nSPS) is 31.1. The zero-order valence-corrected chi connectivity index (χ0v) is 19.0. The van der Waals surface area contributed by atoms with E-state index in [4.69, 9.17) is 9.47 Å². The maximum absolute atomic E-state index is 13.2. The van der Waals surface area contributed by atoms with E-state index in [-0.39, 0.29) is 41.4 Å². The Morgan fingerprint density at radius 1 is 0.941 bits per heavy atom. The Balaban J connectivity index is 1.13. The molecule has 1 aliphatic heterocycles. The highest BCUT2D eigenvalue weighted by Gasteiger charge is 2.67. The average molecular weight is 459 g/mol. The molecular formula is C27H26N2O5. The van der Waals surface area contributed by atoms with Gasteiger partial charge in [-0.1, -0.05) is 24.3 Å². The second-order valence-electron chi connectivity index (χ2n) is 9.64. The third-order valence-corrected chi connectivity index (χ3v) is 7.88. The van der Waals surface area contributed by atoms with E-state index in [1.165, 1.54) is 4.90 Å². The van der Waals surface area contributed by atoms with E-state index in [9.17, 15) is 14.4 Å². The fourth-order valence-electron chi connectivity index (χ4n) is 6.16. The second-order valence-corrected chi connectivity index (χ2v) is 9.64. The van der Waals surface area contributed by atoms with E-state index in [0.717, 1.165) is 6.42 Å². The van der Waals surface area contributed by atoms with Gasteiger partial charge in [0.1, 0.15) is 11.8 Å². The van der Waals surface area contributed by atoms with E-state index >= 15 is 0 Å². The maximum Gasteiger partial charge on any atom is 0.247 e. The first kappa shape index (κ1) is 21.0. The van der Waals surface area contributed by atoms with Crippen molar-refractivity contribution in [1.82, 2.24) is 4.90 Å². The Morgan fingerprint density at radius 3 is 2.12 bits per heavy atom. The molecule has 3 amide bonds. The zero-order valence-electron chi connectivity index (χ0n) is 19.0. The molecule has 2 aromatic carbocycles. The Bertz CT molecular complexity index is 1170. The first-order valence-electron chi connectivity index (χ1n) is 11.7. The Hall–Kier alpha value is -3.61. The van der Waals surface area contributed by atoms with Gasteiger partial charge >= 0.3 is 0 Å². The van der Waals surface area contributed by atoms with Crippen molar-refractivity contribution in [3.05, 3.63) is 60.7 Å². The molecule has 4 aliphatic carbocycles. The lowest BCUT2D eigenvalue weighted by molar-refractivity contribution is -0.146. The first-order chi connectivity index (χ1) is 16.5. The molecule has 0 spiro atoms. The van der Waals surface area contributed by atoms with Crippen LogP contribution in [0.5, 0.6) is 17.2 Å². The fourth-order valence-corrected chi connectivity index (χ4v) is 6.16. The number of methoxy groups -OCH3 is 1. The number of anilines is 1. The van der Waals surface area contributed by atoms with Crippen molar-refractivity contribution in [3.8, 4) is 17.2 Å². The van der Waals surface area contributed by atoms with Crippen LogP contribution in [0.3, 0.4) is 0 Å². The number of allylic oxidation sites excluding steroid dienone is 2. The van der Waals surface area contributed by atoms with Crippen molar-refractivity contribution < 1.29 is 23.9 Å². The van der Waals surface area contributed by atoms with Gasteiger partial charge in [-0.25, -0.2) is 0 Å². The minimum Gasteiger partial charge on any atom is -0.493 e. The summed E-state index contributed by atoms with van der Waals surface area (Å²) < 4.78 is 11.2. The number of rotatable bonds is 6. The van der Waals surface area contributed by atoms with Crippen LogP contribution < -0.4 is 14.8 Å². The lowest BCUT2D eigenvalue weighted by Crippen LogP contribution is -2.46. The van der Waals surface area contributed by atoms with Gasteiger partial charge in [-0.2, -0.15) is 0 Å². The van der Waals surface area contributed by atoms with Crippen molar-refractivity contribution >= 4 is 23.4 Å². The molecule has 2 saturated carbocycles. The van der Waals surface area contributed by atoms with Crippen LogP contribution in [0.1, 0.15) is 13.3 Å². The van der Waals surface area contributed by atoms with Crippen LogP contribution in [0.4, 0.5) is 5.69 Å². The molecule has 1 N–H and O–H groups in total. The number of para-hydroxylation sites is 2. The van der Waals surface area contributed by atoms with Crippen LogP contribution in [-0.4, -0.2) is 35.8 Å². The first-order valence-corrected chi connectivity index (χ1v) is 11.7. The highest BCUT2D eigenvalue weighted by molar-refractivity contribution is 6.10. The van der Waals surface area contributed by atoms with Crippen LogP contribution in [0.15, 0.2) is 60.7 Å². The molecule has 174 valence electrons. The molecule has 0 radical (unpaired) electrons. The van der Waals surface area contributed by atoms with Crippen LogP contribution in [0.2, 0.25) is 0 Å². The lowest BCUT2D eigenvalue weighted by Gasteiger charge is -2.37. The topological polar surface area (TPSA) is 84.9 Å². The summed E-state index contributed by atoms with van der Waals surface area (Å²) in [5.74, 6) is 1.79. The third kappa shape index (κ3) is 3.14. The van der Waals surface area contributed by atoms with E-state index in [0.29, 0.717) is 34.8 Å². The van der Waals surface area contributed by atoms with Crippen molar-refractivity contribution in [1.29, 1.82) is 0 Å². The van der Waals surface area contributed by atoms with Gasteiger partial charge in [-0.15, -0.1) is 0 Å². The van der Waals surface area contributed by atoms with E-state index < -0.39 is 6.04 Å². The number of ether oxygens (including phenoxy) is 2. The van der Waals surface area contributed by atoms with Gasteiger partial charge in [0.2, 0.25) is 17.7 Å². The van der Waals surface area contributed by atoms with Crippen LogP contribution in [0.25, 0.3) is 0 Å². The molecule has 5 aliphatic rings. The summed E-state index contributed by atoms with van der Waals surface area (Å²) in [5.41, 5.74) is 0.559. The summed E-state index contributed by atoms with van der Waals surface area (Å²) in [6.45, 7) is 1.62. The van der Waals surface area contributed by atoms with Crippen molar-refractivity contribution in [2.24, 2.45) is 35.5 Å². The SMILES string of the molecule is COc1ccccc1Oc1ccc(NC(=O)[C@H](C)N2C(=O)[C@H]3[C@@H]4C=C[C@H]([C@H]5C[C@H]45)[C@@H]3C2=O)cc1. The van der Waals surface area contributed by atoms with Crippen molar-refractivity contribution in [2.75, 3.05) is 12.4 Å². The number of hydrogen-bond donors (Lipinski definition) is 1. The van der Waals surface area contributed by atoms with Gasteiger partial charge in [-0.3, -0.25) is 19.3 Å². The number of amides is 3. The Kier molecular flexibility index (Phi) is 4.76. The molecule has 7 nitrogen and oxygen atoms in total. The standard InChI is InChI=1S/C27H26N2O5/c1-14(29-26(31)23-17-11-12-18(20-13-19(17)20)24(23)27(29)32)25(30)28-15-7-9-16(10-8-15)34-22-6-4-3-5-21(22)33-2/h3-12,14,17-20,23-24H,13H2,1-2H3,(H,28,30)/t14-,17+,18+,19+,20+,23-,24-/m0/s1. The Morgan fingerprint density at radius 2 is 1.53 bits per heavy atom. The summed E-state index contributed by atoms with van der Waals surface area (Å²) in [7, 11) is 1.58. The summed E-state index contributed by atoms with van der Waals surface area (Å²) in [6.07, 6.45) is 5.38. The molecule has 1 saturated heterocycles. The van der Waals surface area contributed by atoms with Crippen LogP contribution in [0, 0.1) is 35.5 Å². The molecule has 1 heterocycles. The van der Waals surface area contributed by atoms with E-state index in [1.54, 1.807) is 38.3 Å². The monoisotopic (exact) mass is 458 g/mol. The average Bonchev–Trinajstić information content (AvgIpc) is 3.63. The van der Waals surface area contributed by atoms with Gasteiger partial charge in [0.05, 0.1) is 18.9 Å². The molecular weight excluding hydrogens is 432 g/mol. The molecule has 3 fully saturated rings. The third-order valence-electron chi connectivity index (χ3n) is 7.88. The quantitative estimate of drug-likeness (QED) is 0.525. The second kappa shape index (κ2) is 7.72. The number of likely N-dealkylation sites (tertiary alicyclic amines) is 1. The zero-order chi connectivity index (χ0) is 23.6. The highest BCUT2D eigenvalue weighted by Crippen LogP contribution is 2.65. The van der Waals surface area contributed by atoms with Gasteiger partial charge in [0.25, 0.3) is 0 Å². The Labute approximate surface area is 197 Å². The fraction of sp³-hybridized carbons (Fsp3) is 0.370. The molecule has 34 heavy (non-hydrogen) atoms. The van der Waals surface area contributed by atoms with Crippen molar-refractivity contribution in [3.63, 3.8) is 0 Å². The number of nitrogens with zero attached hydrogens (tertiary/aromatic N) is 1. The van der Waals surface area contributed by atoms with Gasteiger partial charge in [0.15, 0.2) is 11.5 Å². The highest BCUT2D eigenvalue weighted by atomic mass is 16.5. The van der Waals surface area contributed by atoms with Gasteiger partial charge in [0, 0.05) is 5.69 Å². The number of benzene rings is 2. The minimum atomic E-state index is -0.870. The number of carbonyl (C=O) groups is 3. The lowest BCUT2D eigenvalue weighted by atomic mass is 9.63. The largest absolute Gasteiger partial charge is 0.493 e. The molecule has 7 heteroatoms. The number of imide groups is 1. The van der Waals surface area contributed by atoms with Crippen LogP contribution in [-0.2, 0) is 14.4 Å². The number of carbonyl (C=O) groups excluding carboxylic acids is 3.